The average Bonchev–Trinajstić information content (AvgIpc) is 2.61. The van der Waals surface area contributed by atoms with Gasteiger partial charge >= 0.3 is 0 Å². The topological polar surface area (TPSA) is 25.8 Å². The minimum absolute atomic E-state index is 1.18. The first-order valence-corrected chi connectivity index (χ1v) is 8.00. The van der Waals surface area contributed by atoms with Crippen LogP contribution in [0.2, 0.25) is 0 Å². The van der Waals surface area contributed by atoms with Gasteiger partial charge in [-0.15, -0.1) is 0 Å². The molecule has 24 heavy (non-hydrogen) atoms. The SMILES string of the molecule is Cc1cnccc1/C=C/c1ccc(/C=C/c2ccncc2C)cc1. The van der Waals surface area contributed by atoms with Gasteiger partial charge in [0.05, 0.1) is 0 Å². The highest BCUT2D eigenvalue weighted by Crippen LogP contribution is 2.14. The Morgan fingerprint density at radius 1 is 0.583 bits per heavy atom. The van der Waals surface area contributed by atoms with Crippen LogP contribution >= 0.6 is 0 Å². The molecule has 0 aliphatic carbocycles. The molecule has 0 unspecified atom stereocenters. The zero-order valence-electron chi connectivity index (χ0n) is 14.0. The number of pyridine rings is 2. The van der Waals surface area contributed by atoms with Gasteiger partial charge in [0.25, 0.3) is 0 Å². The van der Waals surface area contributed by atoms with Crippen molar-refractivity contribution in [2.45, 2.75) is 13.8 Å². The summed E-state index contributed by atoms with van der Waals surface area (Å²) in [7, 11) is 0. The summed E-state index contributed by atoms with van der Waals surface area (Å²) in [5, 5.41) is 0. The average molecular weight is 312 g/mol. The van der Waals surface area contributed by atoms with Gasteiger partial charge in [-0.1, -0.05) is 48.6 Å². The molecule has 0 fully saturated rings. The summed E-state index contributed by atoms with van der Waals surface area (Å²) in [4.78, 5) is 8.24. The summed E-state index contributed by atoms with van der Waals surface area (Å²) >= 11 is 0. The molecule has 3 rings (SSSR count). The molecule has 2 nitrogen and oxygen atoms in total. The molecular weight excluding hydrogens is 292 g/mol. The molecule has 0 radical (unpaired) electrons. The van der Waals surface area contributed by atoms with Gasteiger partial charge in [-0.3, -0.25) is 9.97 Å². The molecule has 3 aromatic rings. The lowest BCUT2D eigenvalue weighted by Crippen LogP contribution is -1.82. The summed E-state index contributed by atoms with van der Waals surface area (Å²) in [5.74, 6) is 0. The molecule has 2 heterocycles. The third-order valence-electron chi connectivity index (χ3n) is 3.97. The fourth-order valence-electron chi connectivity index (χ4n) is 2.43. The maximum atomic E-state index is 4.12. The van der Waals surface area contributed by atoms with Crippen molar-refractivity contribution < 1.29 is 0 Å². The minimum Gasteiger partial charge on any atom is -0.264 e. The lowest BCUT2D eigenvalue weighted by Gasteiger charge is -2.00. The quantitative estimate of drug-likeness (QED) is 0.641. The van der Waals surface area contributed by atoms with Gasteiger partial charge in [-0.05, 0) is 59.4 Å². The molecule has 2 aromatic heterocycles. The standard InChI is InChI=1S/C22H20N2/c1-17-15-23-13-11-21(17)9-7-19-3-5-20(6-4-19)8-10-22-12-14-24-16-18(22)2/h3-16H,1-2H3/b9-7+,10-8+. The van der Waals surface area contributed by atoms with Crippen LogP contribution < -0.4 is 0 Å². The Morgan fingerprint density at radius 2 is 1.00 bits per heavy atom. The lowest BCUT2D eigenvalue weighted by molar-refractivity contribution is 1.26. The number of benzene rings is 1. The summed E-state index contributed by atoms with van der Waals surface area (Å²) in [6, 6.07) is 12.6. The number of hydrogen-bond donors (Lipinski definition) is 0. The third kappa shape index (κ3) is 4.05. The Hall–Kier alpha value is -3.00. The van der Waals surface area contributed by atoms with Crippen LogP contribution in [0.15, 0.2) is 61.2 Å². The van der Waals surface area contributed by atoms with Crippen molar-refractivity contribution >= 4 is 24.3 Å². The number of hydrogen-bond acceptors (Lipinski definition) is 2. The Labute approximate surface area is 143 Å². The van der Waals surface area contributed by atoms with Crippen molar-refractivity contribution in [2.75, 3.05) is 0 Å². The van der Waals surface area contributed by atoms with Gasteiger partial charge in [-0.25, -0.2) is 0 Å². The monoisotopic (exact) mass is 312 g/mol. The Kier molecular flexibility index (Phi) is 4.97. The summed E-state index contributed by atoms with van der Waals surface area (Å²) in [6.07, 6.45) is 15.9. The second kappa shape index (κ2) is 7.51. The second-order valence-electron chi connectivity index (χ2n) is 5.80. The molecule has 2 heteroatoms. The predicted octanol–water partition coefficient (Wildman–Crippen LogP) is 5.43. The van der Waals surface area contributed by atoms with E-state index in [9.17, 15) is 0 Å². The van der Waals surface area contributed by atoms with Crippen molar-refractivity contribution in [3.05, 3.63) is 94.6 Å². The van der Waals surface area contributed by atoms with Gasteiger partial charge < -0.3 is 0 Å². The van der Waals surface area contributed by atoms with E-state index in [-0.39, 0.29) is 0 Å². The molecule has 0 aliphatic heterocycles. The Balaban J connectivity index is 1.72. The molecule has 0 saturated heterocycles. The summed E-state index contributed by atoms with van der Waals surface area (Å²) in [6.45, 7) is 4.14. The second-order valence-corrected chi connectivity index (χ2v) is 5.80. The van der Waals surface area contributed by atoms with Gasteiger partial charge in [0.1, 0.15) is 0 Å². The van der Waals surface area contributed by atoms with Crippen LogP contribution in [0, 0.1) is 13.8 Å². The zero-order valence-corrected chi connectivity index (χ0v) is 14.0. The molecule has 0 N–H and O–H groups in total. The summed E-state index contributed by atoms with van der Waals surface area (Å²) < 4.78 is 0. The molecule has 0 amide bonds. The van der Waals surface area contributed by atoms with Gasteiger partial charge in [-0.2, -0.15) is 0 Å². The van der Waals surface area contributed by atoms with Crippen molar-refractivity contribution in [3.8, 4) is 0 Å². The molecule has 0 saturated carbocycles. The van der Waals surface area contributed by atoms with E-state index in [1.54, 1.807) is 0 Å². The highest BCUT2D eigenvalue weighted by molar-refractivity contribution is 5.74. The molecule has 0 bridgehead atoms. The van der Waals surface area contributed by atoms with Gasteiger partial charge in [0.2, 0.25) is 0 Å². The van der Waals surface area contributed by atoms with E-state index in [4.69, 9.17) is 0 Å². The van der Waals surface area contributed by atoms with Gasteiger partial charge in [0, 0.05) is 24.8 Å². The van der Waals surface area contributed by atoms with Crippen LogP contribution in [0.1, 0.15) is 33.4 Å². The lowest BCUT2D eigenvalue weighted by atomic mass is 10.1. The zero-order chi connectivity index (χ0) is 16.8. The Bertz CT molecular complexity index is 800. The van der Waals surface area contributed by atoms with E-state index in [1.165, 1.54) is 33.4 Å². The van der Waals surface area contributed by atoms with E-state index >= 15 is 0 Å². The van der Waals surface area contributed by atoms with Crippen molar-refractivity contribution in [1.29, 1.82) is 0 Å². The van der Waals surface area contributed by atoms with E-state index < -0.39 is 0 Å². The number of aromatic nitrogens is 2. The number of rotatable bonds is 4. The highest BCUT2D eigenvalue weighted by atomic mass is 14.6. The molecule has 0 aliphatic rings. The van der Waals surface area contributed by atoms with E-state index in [1.807, 2.05) is 36.9 Å². The normalized spacial score (nSPS) is 11.4. The van der Waals surface area contributed by atoms with Gasteiger partial charge in [0.15, 0.2) is 0 Å². The molecule has 0 atom stereocenters. The van der Waals surface area contributed by atoms with Crippen molar-refractivity contribution in [1.82, 2.24) is 9.97 Å². The van der Waals surface area contributed by atoms with Crippen LogP contribution in [0.4, 0.5) is 0 Å². The first-order valence-electron chi connectivity index (χ1n) is 8.00. The largest absolute Gasteiger partial charge is 0.264 e. The molecule has 1 aromatic carbocycles. The Morgan fingerprint density at radius 3 is 1.38 bits per heavy atom. The van der Waals surface area contributed by atoms with Crippen LogP contribution in [0.3, 0.4) is 0 Å². The van der Waals surface area contributed by atoms with Crippen molar-refractivity contribution in [3.63, 3.8) is 0 Å². The maximum absolute atomic E-state index is 4.12. The fraction of sp³-hybridized carbons (Fsp3) is 0.0909. The fourth-order valence-corrected chi connectivity index (χ4v) is 2.43. The van der Waals surface area contributed by atoms with Crippen LogP contribution in [-0.4, -0.2) is 9.97 Å². The minimum atomic E-state index is 1.18. The molecular formula is C22H20N2. The van der Waals surface area contributed by atoms with Crippen LogP contribution in [0.5, 0.6) is 0 Å². The first-order chi connectivity index (χ1) is 11.7. The van der Waals surface area contributed by atoms with Crippen LogP contribution in [-0.2, 0) is 0 Å². The summed E-state index contributed by atoms with van der Waals surface area (Å²) in [5.41, 5.74) is 7.12. The smallest absolute Gasteiger partial charge is 0.0303 e. The van der Waals surface area contributed by atoms with Crippen molar-refractivity contribution in [2.24, 2.45) is 0 Å². The predicted molar refractivity (Wildman–Crippen MR) is 102 cm³/mol. The maximum Gasteiger partial charge on any atom is 0.0303 e. The molecule has 0 spiro atoms. The number of nitrogens with zero attached hydrogens (tertiary/aromatic N) is 2. The number of aryl methyl sites for hydroxylation is 2. The van der Waals surface area contributed by atoms with E-state index in [0.29, 0.717) is 0 Å². The first kappa shape index (κ1) is 15.9. The van der Waals surface area contributed by atoms with E-state index in [2.05, 4.69) is 72.4 Å². The van der Waals surface area contributed by atoms with Crippen LogP contribution in [0.25, 0.3) is 24.3 Å². The third-order valence-corrected chi connectivity index (χ3v) is 3.97. The molecule has 118 valence electrons. The highest BCUT2D eigenvalue weighted by Gasteiger charge is 1.94. The van der Waals surface area contributed by atoms with E-state index in [0.717, 1.165) is 0 Å².